The number of pyridine rings is 1. The van der Waals surface area contributed by atoms with Crippen LogP contribution in [0.15, 0.2) is 77.9 Å². The fourth-order valence-corrected chi connectivity index (χ4v) is 5.75. The van der Waals surface area contributed by atoms with E-state index in [-0.39, 0.29) is 5.78 Å². The van der Waals surface area contributed by atoms with Crippen LogP contribution in [-0.2, 0) is 21.7 Å². The lowest BCUT2D eigenvalue weighted by Gasteiger charge is -2.25. The van der Waals surface area contributed by atoms with Crippen molar-refractivity contribution in [2.45, 2.75) is 63.1 Å². The smallest absolute Gasteiger partial charge is 0.217 e. The second kappa shape index (κ2) is 11.9. The number of fused-ring (bicyclic) bond motifs is 1. The first-order chi connectivity index (χ1) is 19.6. The fourth-order valence-electron chi connectivity index (χ4n) is 5.75. The molecule has 2 aromatic carbocycles. The number of ether oxygens (including phenoxy) is 2. The molecule has 2 fully saturated rings. The third kappa shape index (κ3) is 6.40. The summed E-state index contributed by atoms with van der Waals surface area (Å²) in [6.07, 6.45) is 13.6. The van der Waals surface area contributed by atoms with Gasteiger partial charge in [-0.3, -0.25) is 9.78 Å². The molecule has 1 aromatic heterocycles. The molecule has 3 atom stereocenters. The van der Waals surface area contributed by atoms with E-state index < -0.39 is 5.79 Å². The number of para-hydroxylation sites is 1. The van der Waals surface area contributed by atoms with Gasteiger partial charge in [-0.15, -0.1) is 0 Å². The van der Waals surface area contributed by atoms with Crippen molar-refractivity contribution in [1.29, 1.82) is 0 Å². The molecule has 0 spiro atoms. The van der Waals surface area contributed by atoms with Crippen molar-refractivity contribution in [3.8, 4) is 5.75 Å². The minimum Gasteiger partial charge on any atom is -0.493 e. The van der Waals surface area contributed by atoms with Gasteiger partial charge >= 0.3 is 0 Å². The highest BCUT2D eigenvalue weighted by Crippen LogP contribution is 2.37. The number of hydrogen-bond acceptors (Lipinski definition) is 6. The number of rotatable bonds is 8. The number of aromatic nitrogens is 1. The molecule has 40 heavy (non-hydrogen) atoms. The van der Waals surface area contributed by atoms with Gasteiger partial charge in [0.15, 0.2) is 5.78 Å². The standard InChI is InChI=1S/C34H36N2O4/c37-33(32-14-5-10-26-8-3-4-13-31(26)36-32)19-25-16-18-30(35-21-25)27-9-2-1-7-24(15-17-27)22-39-29-12-6-11-28(20-29)34(38)23-40-34/h3-6,8,10-13,16,18,20-21,24,27,38H,1-2,7,9,14-15,17,19,22-23H2. The molecular weight excluding hydrogens is 500 g/mol. The molecule has 1 aliphatic carbocycles. The zero-order valence-corrected chi connectivity index (χ0v) is 22.8. The monoisotopic (exact) mass is 536 g/mol. The second-order valence-electron chi connectivity index (χ2n) is 11.3. The van der Waals surface area contributed by atoms with Crippen molar-refractivity contribution in [2.75, 3.05) is 13.2 Å². The molecule has 3 aromatic rings. The van der Waals surface area contributed by atoms with Crippen LogP contribution < -0.4 is 4.74 Å². The second-order valence-corrected chi connectivity index (χ2v) is 11.3. The zero-order chi connectivity index (χ0) is 27.4. The van der Waals surface area contributed by atoms with Gasteiger partial charge in [-0.2, -0.15) is 0 Å². The van der Waals surface area contributed by atoms with Crippen LogP contribution in [-0.4, -0.2) is 34.8 Å². The lowest BCUT2D eigenvalue weighted by Crippen LogP contribution is -2.17. The van der Waals surface area contributed by atoms with E-state index in [1.807, 2.05) is 66.9 Å². The van der Waals surface area contributed by atoms with Crippen molar-refractivity contribution >= 4 is 23.3 Å². The largest absolute Gasteiger partial charge is 0.493 e. The maximum Gasteiger partial charge on any atom is 0.217 e. The Kier molecular flexibility index (Phi) is 7.89. The third-order valence-corrected chi connectivity index (χ3v) is 8.28. The number of benzene rings is 2. The Morgan fingerprint density at radius 2 is 1.90 bits per heavy atom. The number of carbonyl (C=O) groups is 1. The summed E-state index contributed by atoms with van der Waals surface area (Å²) in [5.74, 6) is 0.611. The SMILES string of the molecule is O=C(Cc1ccc(C2CCCCC(COc3cccc(C4(O)CO4)c3)CC2)nc1)C1=Nc2ccccc2C=CC1. The number of epoxide rings is 1. The van der Waals surface area contributed by atoms with Gasteiger partial charge in [0.05, 0.1) is 18.0 Å². The summed E-state index contributed by atoms with van der Waals surface area (Å²) in [4.78, 5) is 22.5. The molecule has 6 heteroatoms. The minimum absolute atomic E-state index is 0.0500. The van der Waals surface area contributed by atoms with E-state index in [9.17, 15) is 9.90 Å². The van der Waals surface area contributed by atoms with E-state index in [0.717, 1.165) is 59.5 Å². The number of ketones is 1. The Bertz CT molecular complexity index is 1410. The summed E-state index contributed by atoms with van der Waals surface area (Å²) in [6, 6.07) is 19.7. The molecule has 1 saturated heterocycles. The van der Waals surface area contributed by atoms with Crippen LogP contribution in [0.5, 0.6) is 5.75 Å². The Labute approximate surface area is 235 Å². The van der Waals surface area contributed by atoms with Gasteiger partial charge in [0.1, 0.15) is 12.4 Å². The number of carbonyl (C=O) groups excluding carboxylic acids is 1. The van der Waals surface area contributed by atoms with E-state index in [4.69, 9.17) is 14.5 Å². The van der Waals surface area contributed by atoms with Crippen molar-refractivity contribution in [3.05, 3.63) is 95.3 Å². The van der Waals surface area contributed by atoms with E-state index in [0.29, 0.717) is 43.6 Å². The van der Waals surface area contributed by atoms with Gasteiger partial charge in [0, 0.05) is 36.2 Å². The van der Waals surface area contributed by atoms with Crippen LogP contribution in [0, 0.1) is 5.92 Å². The normalized spacial score (nSPS) is 24.2. The van der Waals surface area contributed by atoms with Gasteiger partial charge < -0.3 is 14.6 Å². The predicted molar refractivity (Wildman–Crippen MR) is 156 cm³/mol. The summed E-state index contributed by atoms with van der Waals surface area (Å²) in [5.41, 5.74) is 5.29. The van der Waals surface area contributed by atoms with Crippen molar-refractivity contribution in [3.63, 3.8) is 0 Å². The van der Waals surface area contributed by atoms with Crippen molar-refractivity contribution in [2.24, 2.45) is 10.9 Å². The maximum absolute atomic E-state index is 13.0. The average Bonchev–Trinajstić information content (AvgIpc) is 3.75. The highest BCUT2D eigenvalue weighted by molar-refractivity contribution is 6.41. The number of aliphatic hydroxyl groups is 1. The lowest BCUT2D eigenvalue weighted by atomic mass is 9.84. The number of allylic oxidation sites excluding steroid dienone is 1. The summed E-state index contributed by atoms with van der Waals surface area (Å²) in [6.45, 7) is 1.02. The molecule has 3 unspecified atom stereocenters. The molecule has 3 heterocycles. The lowest BCUT2D eigenvalue weighted by molar-refractivity contribution is -0.112. The molecule has 1 N–H and O–H groups in total. The molecule has 3 aliphatic rings. The van der Waals surface area contributed by atoms with Crippen LogP contribution in [0.3, 0.4) is 0 Å². The molecule has 1 saturated carbocycles. The molecule has 0 bridgehead atoms. The summed E-state index contributed by atoms with van der Waals surface area (Å²) in [5, 5.41) is 10.2. The van der Waals surface area contributed by atoms with Crippen molar-refractivity contribution in [1.82, 2.24) is 4.98 Å². The first-order valence-electron chi connectivity index (χ1n) is 14.5. The van der Waals surface area contributed by atoms with Gasteiger partial charge in [0.25, 0.3) is 0 Å². The number of hydrogen-bond donors (Lipinski definition) is 1. The molecule has 2 aliphatic heterocycles. The van der Waals surface area contributed by atoms with Crippen LogP contribution in [0.4, 0.5) is 5.69 Å². The van der Waals surface area contributed by atoms with E-state index >= 15 is 0 Å². The van der Waals surface area contributed by atoms with E-state index in [1.54, 1.807) is 0 Å². The minimum atomic E-state index is -1.13. The van der Waals surface area contributed by atoms with E-state index in [2.05, 4.69) is 17.1 Å². The maximum atomic E-state index is 13.0. The average molecular weight is 537 g/mol. The molecule has 6 nitrogen and oxygen atoms in total. The number of aliphatic imine (C=N–C) groups is 1. The first kappa shape index (κ1) is 26.6. The Morgan fingerprint density at radius 1 is 1.02 bits per heavy atom. The van der Waals surface area contributed by atoms with Crippen LogP contribution in [0.2, 0.25) is 0 Å². The van der Waals surface area contributed by atoms with Crippen molar-refractivity contribution < 1.29 is 19.4 Å². The molecule has 0 amide bonds. The van der Waals surface area contributed by atoms with Gasteiger partial charge in [-0.25, -0.2) is 4.99 Å². The van der Waals surface area contributed by atoms with Crippen LogP contribution >= 0.6 is 0 Å². The Hall–Kier alpha value is -3.61. The Balaban J connectivity index is 1.03. The highest BCUT2D eigenvalue weighted by atomic mass is 16.7. The summed E-state index contributed by atoms with van der Waals surface area (Å²) in [7, 11) is 0. The number of nitrogens with zero attached hydrogens (tertiary/aromatic N) is 2. The molecule has 0 radical (unpaired) electrons. The Morgan fingerprint density at radius 3 is 2.75 bits per heavy atom. The molecule has 206 valence electrons. The zero-order valence-electron chi connectivity index (χ0n) is 22.8. The third-order valence-electron chi connectivity index (χ3n) is 8.28. The molecular formula is C34H36N2O4. The first-order valence-corrected chi connectivity index (χ1v) is 14.5. The topological polar surface area (TPSA) is 84.3 Å². The van der Waals surface area contributed by atoms with Gasteiger partial charge in [0.2, 0.25) is 5.79 Å². The molecule has 6 rings (SSSR count). The number of Topliss-reactive ketones (excluding diaryl/α,β-unsaturated/α-hetero) is 1. The van der Waals surface area contributed by atoms with Gasteiger partial charge in [-0.05, 0) is 67.0 Å². The fraction of sp³-hybridized carbons (Fsp3) is 0.382. The van der Waals surface area contributed by atoms with E-state index in [1.165, 1.54) is 12.8 Å². The quantitative estimate of drug-likeness (QED) is 0.324. The predicted octanol–water partition coefficient (Wildman–Crippen LogP) is 6.69. The van der Waals surface area contributed by atoms with Gasteiger partial charge in [-0.1, -0.05) is 61.4 Å². The van der Waals surface area contributed by atoms with Crippen LogP contribution in [0.1, 0.15) is 73.2 Å². The summed E-state index contributed by atoms with van der Waals surface area (Å²) < 4.78 is 11.3. The van der Waals surface area contributed by atoms with Crippen LogP contribution in [0.25, 0.3) is 6.08 Å². The highest BCUT2D eigenvalue weighted by Gasteiger charge is 2.44. The summed E-state index contributed by atoms with van der Waals surface area (Å²) >= 11 is 0.